The Labute approximate surface area is 118 Å². The highest BCUT2D eigenvalue weighted by atomic mass is 32.1. The Morgan fingerprint density at radius 1 is 1.21 bits per heavy atom. The van der Waals surface area contributed by atoms with Crippen LogP contribution in [0, 0.1) is 20.8 Å². The highest BCUT2D eigenvalue weighted by Crippen LogP contribution is 2.27. The number of nitrogens with one attached hydrogen (secondary N) is 1. The molecule has 1 heterocycles. The lowest BCUT2D eigenvalue weighted by Crippen LogP contribution is -1.98. The van der Waals surface area contributed by atoms with Crippen molar-refractivity contribution in [3.8, 4) is 5.75 Å². The summed E-state index contributed by atoms with van der Waals surface area (Å²) in [6.45, 7) is 9.83. The minimum Gasteiger partial charge on any atom is -0.487 e. The minimum atomic E-state index is 0.578. The molecule has 0 unspecified atom stereocenters. The topological polar surface area (TPSA) is 34.2 Å². The fraction of sp³-hybridized carbons (Fsp3) is 0.400. The van der Waals surface area contributed by atoms with Crippen molar-refractivity contribution < 1.29 is 4.74 Å². The SMILES string of the molecule is CCNc1ncc(COc2c(C)ccc(C)c2C)s1. The van der Waals surface area contributed by atoms with E-state index < -0.39 is 0 Å². The van der Waals surface area contributed by atoms with Crippen LogP contribution in [0.4, 0.5) is 5.13 Å². The van der Waals surface area contributed by atoms with Crippen LogP contribution in [-0.2, 0) is 6.61 Å². The van der Waals surface area contributed by atoms with E-state index in [0.717, 1.165) is 22.3 Å². The van der Waals surface area contributed by atoms with E-state index in [9.17, 15) is 0 Å². The molecule has 2 aromatic rings. The summed E-state index contributed by atoms with van der Waals surface area (Å²) in [5, 5.41) is 4.17. The van der Waals surface area contributed by atoms with Gasteiger partial charge in [-0.15, -0.1) is 0 Å². The van der Waals surface area contributed by atoms with Crippen LogP contribution in [0.25, 0.3) is 0 Å². The fourth-order valence-corrected chi connectivity index (χ4v) is 2.69. The molecule has 0 aliphatic rings. The summed E-state index contributed by atoms with van der Waals surface area (Å²) in [6, 6.07) is 4.24. The van der Waals surface area contributed by atoms with Gasteiger partial charge in [0.25, 0.3) is 0 Å². The number of anilines is 1. The molecule has 0 spiro atoms. The van der Waals surface area contributed by atoms with Gasteiger partial charge < -0.3 is 10.1 Å². The standard InChI is InChI=1S/C15H20N2OS/c1-5-16-15-17-8-13(19-15)9-18-14-11(3)7-6-10(2)12(14)4/h6-8H,5,9H2,1-4H3,(H,16,17). The van der Waals surface area contributed by atoms with Crippen LogP contribution in [0.3, 0.4) is 0 Å². The van der Waals surface area contributed by atoms with Crippen molar-refractivity contribution in [3.05, 3.63) is 39.9 Å². The normalized spacial score (nSPS) is 10.5. The van der Waals surface area contributed by atoms with E-state index in [2.05, 4.69) is 50.1 Å². The van der Waals surface area contributed by atoms with E-state index in [1.807, 2.05) is 6.20 Å². The molecule has 2 rings (SSSR count). The van der Waals surface area contributed by atoms with Crippen molar-refractivity contribution in [2.75, 3.05) is 11.9 Å². The number of benzene rings is 1. The summed E-state index contributed by atoms with van der Waals surface area (Å²) in [7, 11) is 0. The molecule has 1 aromatic carbocycles. The number of hydrogen-bond donors (Lipinski definition) is 1. The largest absolute Gasteiger partial charge is 0.487 e. The summed E-state index contributed by atoms with van der Waals surface area (Å²) in [4.78, 5) is 5.44. The summed E-state index contributed by atoms with van der Waals surface area (Å²) in [5.41, 5.74) is 3.66. The highest BCUT2D eigenvalue weighted by molar-refractivity contribution is 7.15. The van der Waals surface area contributed by atoms with Crippen LogP contribution in [-0.4, -0.2) is 11.5 Å². The number of hydrogen-bond acceptors (Lipinski definition) is 4. The molecule has 4 heteroatoms. The van der Waals surface area contributed by atoms with Crippen molar-refractivity contribution in [2.45, 2.75) is 34.3 Å². The number of rotatable bonds is 5. The molecule has 102 valence electrons. The van der Waals surface area contributed by atoms with Gasteiger partial charge in [-0.2, -0.15) is 0 Å². The second kappa shape index (κ2) is 6.06. The summed E-state index contributed by atoms with van der Waals surface area (Å²) in [6.07, 6.45) is 1.88. The summed E-state index contributed by atoms with van der Waals surface area (Å²) in [5.74, 6) is 0.999. The highest BCUT2D eigenvalue weighted by Gasteiger charge is 2.08. The maximum absolute atomic E-state index is 5.97. The van der Waals surface area contributed by atoms with Crippen molar-refractivity contribution in [1.82, 2.24) is 4.98 Å². The van der Waals surface area contributed by atoms with Crippen LogP contribution in [0.1, 0.15) is 28.5 Å². The third kappa shape index (κ3) is 3.26. The van der Waals surface area contributed by atoms with Gasteiger partial charge in [-0.25, -0.2) is 4.98 Å². The van der Waals surface area contributed by atoms with Crippen molar-refractivity contribution in [1.29, 1.82) is 0 Å². The number of ether oxygens (including phenoxy) is 1. The van der Waals surface area contributed by atoms with Crippen molar-refractivity contribution >= 4 is 16.5 Å². The fourth-order valence-electron chi connectivity index (χ4n) is 1.90. The van der Waals surface area contributed by atoms with Gasteiger partial charge in [0.1, 0.15) is 12.4 Å². The third-order valence-corrected chi connectivity index (χ3v) is 4.04. The summed E-state index contributed by atoms with van der Waals surface area (Å²) >= 11 is 1.65. The Morgan fingerprint density at radius 2 is 1.95 bits per heavy atom. The average molecular weight is 276 g/mol. The molecular weight excluding hydrogens is 256 g/mol. The van der Waals surface area contributed by atoms with Crippen molar-refractivity contribution in [3.63, 3.8) is 0 Å². The smallest absolute Gasteiger partial charge is 0.182 e. The van der Waals surface area contributed by atoms with E-state index in [1.165, 1.54) is 16.7 Å². The van der Waals surface area contributed by atoms with Gasteiger partial charge in [-0.3, -0.25) is 0 Å². The van der Waals surface area contributed by atoms with Gasteiger partial charge in [0, 0.05) is 12.7 Å². The molecule has 19 heavy (non-hydrogen) atoms. The molecular formula is C15H20N2OS. The Morgan fingerprint density at radius 3 is 2.68 bits per heavy atom. The average Bonchev–Trinajstić information content (AvgIpc) is 2.82. The van der Waals surface area contributed by atoms with Crippen LogP contribution in [0.5, 0.6) is 5.75 Å². The van der Waals surface area contributed by atoms with Gasteiger partial charge in [0.05, 0.1) is 4.88 Å². The van der Waals surface area contributed by atoms with Gasteiger partial charge in [0.2, 0.25) is 0 Å². The maximum atomic E-state index is 5.97. The zero-order valence-corrected chi connectivity index (χ0v) is 12.7. The molecule has 0 saturated carbocycles. The van der Waals surface area contributed by atoms with Gasteiger partial charge in [-0.05, 0) is 44.4 Å². The zero-order valence-electron chi connectivity index (χ0n) is 11.9. The minimum absolute atomic E-state index is 0.578. The lowest BCUT2D eigenvalue weighted by molar-refractivity contribution is 0.305. The number of thiazole rings is 1. The molecule has 3 nitrogen and oxygen atoms in total. The second-order valence-corrected chi connectivity index (χ2v) is 5.72. The summed E-state index contributed by atoms with van der Waals surface area (Å²) < 4.78 is 5.97. The quantitative estimate of drug-likeness (QED) is 0.893. The molecule has 1 N–H and O–H groups in total. The first-order valence-corrected chi connectivity index (χ1v) is 7.31. The van der Waals surface area contributed by atoms with E-state index >= 15 is 0 Å². The number of aromatic nitrogens is 1. The predicted molar refractivity (Wildman–Crippen MR) is 81.3 cm³/mol. The number of aryl methyl sites for hydroxylation is 2. The van der Waals surface area contributed by atoms with Gasteiger partial charge in [-0.1, -0.05) is 23.5 Å². The molecule has 0 aliphatic carbocycles. The molecule has 1 aromatic heterocycles. The van der Waals surface area contributed by atoms with E-state index in [-0.39, 0.29) is 0 Å². The molecule has 0 radical (unpaired) electrons. The Kier molecular flexibility index (Phi) is 4.43. The van der Waals surface area contributed by atoms with Crippen LogP contribution in [0.2, 0.25) is 0 Å². The first kappa shape index (κ1) is 13.9. The Hall–Kier alpha value is -1.55. The molecule has 0 bridgehead atoms. The number of nitrogens with zero attached hydrogens (tertiary/aromatic N) is 1. The van der Waals surface area contributed by atoms with E-state index in [1.54, 1.807) is 11.3 Å². The van der Waals surface area contributed by atoms with Crippen LogP contribution >= 0.6 is 11.3 Å². The van der Waals surface area contributed by atoms with E-state index in [0.29, 0.717) is 6.61 Å². The monoisotopic (exact) mass is 276 g/mol. The Balaban J connectivity index is 2.07. The Bertz CT molecular complexity index is 563. The second-order valence-electron chi connectivity index (χ2n) is 4.60. The predicted octanol–water partition coefficient (Wildman–Crippen LogP) is 4.08. The van der Waals surface area contributed by atoms with Crippen LogP contribution in [0.15, 0.2) is 18.3 Å². The molecule has 0 saturated heterocycles. The molecule has 0 atom stereocenters. The zero-order chi connectivity index (χ0) is 13.8. The molecule has 0 amide bonds. The molecule has 0 aliphatic heterocycles. The van der Waals surface area contributed by atoms with E-state index in [4.69, 9.17) is 4.74 Å². The van der Waals surface area contributed by atoms with Gasteiger partial charge in [0.15, 0.2) is 5.13 Å². The lowest BCUT2D eigenvalue weighted by Gasteiger charge is -2.13. The molecule has 0 fully saturated rings. The lowest BCUT2D eigenvalue weighted by atomic mass is 10.1. The third-order valence-electron chi connectivity index (χ3n) is 3.11. The first-order valence-electron chi connectivity index (χ1n) is 6.50. The van der Waals surface area contributed by atoms with Crippen LogP contribution < -0.4 is 10.1 Å². The first-order chi connectivity index (χ1) is 9.11. The maximum Gasteiger partial charge on any atom is 0.182 e. The van der Waals surface area contributed by atoms with Crippen molar-refractivity contribution in [2.24, 2.45) is 0 Å². The van der Waals surface area contributed by atoms with Gasteiger partial charge >= 0.3 is 0 Å².